The summed E-state index contributed by atoms with van der Waals surface area (Å²) in [6.07, 6.45) is 1.74. The number of carbonyl (C=O) groups is 2. The van der Waals surface area contributed by atoms with Crippen LogP contribution in [0.25, 0.3) is 0 Å². The average Bonchev–Trinajstić information content (AvgIpc) is 3.17. The van der Waals surface area contributed by atoms with Crippen molar-refractivity contribution in [2.75, 3.05) is 31.5 Å². The van der Waals surface area contributed by atoms with Crippen molar-refractivity contribution < 1.29 is 9.59 Å². The number of rotatable bonds is 4. The molecule has 0 unspecified atom stereocenters. The van der Waals surface area contributed by atoms with Gasteiger partial charge in [-0.05, 0) is 45.0 Å². The molecule has 0 aliphatic carbocycles. The van der Waals surface area contributed by atoms with Gasteiger partial charge < -0.3 is 20.1 Å². The summed E-state index contributed by atoms with van der Waals surface area (Å²) in [4.78, 5) is 31.9. The number of hydrogen-bond acceptors (Lipinski definition) is 3. The number of H-pyrrole nitrogens is 1. The molecule has 0 saturated carbocycles. The topological polar surface area (TPSA) is 68.4 Å². The lowest BCUT2D eigenvalue weighted by Crippen LogP contribution is -2.57. The molecule has 1 saturated heterocycles. The second-order valence-electron chi connectivity index (χ2n) is 7.28. The van der Waals surface area contributed by atoms with Crippen molar-refractivity contribution in [1.82, 2.24) is 14.8 Å². The van der Waals surface area contributed by atoms with Crippen LogP contribution in [-0.4, -0.2) is 58.3 Å². The molecule has 2 amide bonds. The summed E-state index contributed by atoms with van der Waals surface area (Å²) < 4.78 is 0. The Bertz CT molecular complexity index is 758. The Hall–Kier alpha value is -2.76. The summed E-state index contributed by atoms with van der Waals surface area (Å²) in [7, 11) is 0. The number of piperazine rings is 1. The highest BCUT2D eigenvalue weighted by molar-refractivity contribution is 5.93. The van der Waals surface area contributed by atoms with E-state index in [0.29, 0.717) is 31.9 Å². The molecule has 26 heavy (non-hydrogen) atoms. The number of benzene rings is 1. The SMILES string of the molecule is Cc1ccc(NC(C)(C)C(=O)N2CCN(C(=O)c3ccc[nH]3)CC2)cc1. The van der Waals surface area contributed by atoms with Crippen LogP contribution in [-0.2, 0) is 4.79 Å². The molecule has 1 aromatic heterocycles. The number of anilines is 1. The van der Waals surface area contributed by atoms with Crippen LogP contribution in [0.4, 0.5) is 5.69 Å². The van der Waals surface area contributed by atoms with Crippen molar-refractivity contribution >= 4 is 17.5 Å². The predicted molar refractivity (Wildman–Crippen MR) is 102 cm³/mol. The molecule has 1 aliphatic rings. The molecule has 2 heterocycles. The second kappa shape index (κ2) is 7.23. The quantitative estimate of drug-likeness (QED) is 0.886. The molecule has 6 nitrogen and oxygen atoms in total. The highest BCUT2D eigenvalue weighted by atomic mass is 16.2. The van der Waals surface area contributed by atoms with Gasteiger partial charge in [0.2, 0.25) is 5.91 Å². The maximum atomic E-state index is 13.0. The van der Waals surface area contributed by atoms with Crippen molar-refractivity contribution in [2.45, 2.75) is 26.3 Å². The van der Waals surface area contributed by atoms with E-state index >= 15 is 0 Å². The van der Waals surface area contributed by atoms with Crippen LogP contribution in [0.1, 0.15) is 29.9 Å². The van der Waals surface area contributed by atoms with Crippen LogP contribution < -0.4 is 5.32 Å². The standard InChI is InChI=1S/C20H26N4O2/c1-15-6-8-16(9-7-15)22-20(2,3)19(26)24-13-11-23(12-14-24)18(25)17-5-4-10-21-17/h4-10,21-22H,11-14H2,1-3H3. The molecule has 1 fully saturated rings. The van der Waals surface area contributed by atoms with Gasteiger partial charge in [-0.1, -0.05) is 17.7 Å². The van der Waals surface area contributed by atoms with Gasteiger partial charge in [0, 0.05) is 38.1 Å². The molecule has 2 N–H and O–H groups in total. The number of hydrogen-bond donors (Lipinski definition) is 2. The van der Waals surface area contributed by atoms with Crippen LogP contribution in [0.5, 0.6) is 0 Å². The van der Waals surface area contributed by atoms with Gasteiger partial charge >= 0.3 is 0 Å². The Morgan fingerprint density at radius 3 is 2.19 bits per heavy atom. The molecule has 6 heteroatoms. The zero-order valence-electron chi connectivity index (χ0n) is 15.6. The van der Waals surface area contributed by atoms with Gasteiger partial charge in [0.25, 0.3) is 5.91 Å². The van der Waals surface area contributed by atoms with E-state index in [2.05, 4.69) is 10.3 Å². The highest BCUT2D eigenvalue weighted by Crippen LogP contribution is 2.19. The Balaban J connectivity index is 1.58. The third-order valence-corrected chi connectivity index (χ3v) is 4.73. The lowest BCUT2D eigenvalue weighted by Gasteiger charge is -2.39. The molecule has 0 radical (unpaired) electrons. The van der Waals surface area contributed by atoms with Gasteiger partial charge in [-0.25, -0.2) is 0 Å². The smallest absolute Gasteiger partial charge is 0.270 e. The predicted octanol–water partition coefficient (Wildman–Crippen LogP) is 2.50. The zero-order chi connectivity index (χ0) is 18.7. The second-order valence-corrected chi connectivity index (χ2v) is 7.28. The Labute approximate surface area is 154 Å². The van der Waals surface area contributed by atoms with Crippen molar-refractivity contribution in [3.8, 4) is 0 Å². The maximum absolute atomic E-state index is 13.0. The molecule has 3 rings (SSSR count). The fraction of sp³-hybridized carbons (Fsp3) is 0.400. The van der Waals surface area contributed by atoms with E-state index in [9.17, 15) is 9.59 Å². The number of nitrogens with one attached hydrogen (secondary N) is 2. The molecule has 2 aromatic rings. The first-order valence-electron chi connectivity index (χ1n) is 8.94. The van der Waals surface area contributed by atoms with E-state index in [-0.39, 0.29) is 11.8 Å². The van der Waals surface area contributed by atoms with Gasteiger partial charge in [-0.3, -0.25) is 9.59 Å². The minimum atomic E-state index is -0.707. The summed E-state index contributed by atoms with van der Waals surface area (Å²) in [5.41, 5.74) is 1.99. The fourth-order valence-corrected chi connectivity index (χ4v) is 3.19. The van der Waals surface area contributed by atoms with Crippen molar-refractivity contribution in [2.24, 2.45) is 0 Å². The lowest BCUT2D eigenvalue weighted by atomic mass is 10.0. The van der Waals surface area contributed by atoms with E-state index in [1.54, 1.807) is 17.2 Å². The van der Waals surface area contributed by atoms with Gasteiger partial charge in [-0.2, -0.15) is 0 Å². The normalized spacial score (nSPS) is 15.0. The van der Waals surface area contributed by atoms with Crippen LogP contribution >= 0.6 is 0 Å². The van der Waals surface area contributed by atoms with Crippen LogP contribution in [0, 0.1) is 6.92 Å². The third kappa shape index (κ3) is 3.90. The monoisotopic (exact) mass is 354 g/mol. The van der Waals surface area contributed by atoms with Crippen molar-refractivity contribution in [1.29, 1.82) is 0 Å². The van der Waals surface area contributed by atoms with E-state index in [1.165, 1.54) is 5.56 Å². The molecule has 0 spiro atoms. The molecule has 1 aromatic carbocycles. The largest absolute Gasteiger partial charge is 0.372 e. The third-order valence-electron chi connectivity index (χ3n) is 4.73. The highest BCUT2D eigenvalue weighted by Gasteiger charge is 2.34. The number of nitrogens with zero attached hydrogens (tertiary/aromatic N) is 2. The van der Waals surface area contributed by atoms with Gasteiger partial charge in [-0.15, -0.1) is 0 Å². The van der Waals surface area contributed by atoms with E-state index in [4.69, 9.17) is 0 Å². The molecular weight excluding hydrogens is 328 g/mol. The molecular formula is C20H26N4O2. The van der Waals surface area contributed by atoms with Gasteiger partial charge in [0.05, 0.1) is 0 Å². The molecule has 0 bridgehead atoms. The number of amides is 2. The average molecular weight is 354 g/mol. The summed E-state index contributed by atoms with van der Waals surface area (Å²) >= 11 is 0. The van der Waals surface area contributed by atoms with E-state index in [1.807, 2.05) is 56.0 Å². The summed E-state index contributed by atoms with van der Waals surface area (Å²) in [6.45, 7) is 8.01. The molecule has 1 aliphatic heterocycles. The number of carbonyl (C=O) groups excluding carboxylic acids is 2. The minimum absolute atomic E-state index is 0.0147. The van der Waals surface area contributed by atoms with Crippen LogP contribution in [0.15, 0.2) is 42.6 Å². The Kier molecular flexibility index (Phi) is 5.02. The van der Waals surface area contributed by atoms with Crippen LogP contribution in [0.3, 0.4) is 0 Å². The van der Waals surface area contributed by atoms with Gasteiger partial charge in [0.15, 0.2) is 0 Å². The van der Waals surface area contributed by atoms with Crippen molar-refractivity contribution in [3.05, 3.63) is 53.9 Å². The first kappa shape index (κ1) is 18.0. The Morgan fingerprint density at radius 1 is 1.00 bits per heavy atom. The van der Waals surface area contributed by atoms with Crippen LogP contribution in [0.2, 0.25) is 0 Å². The first-order chi connectivity index (χ1) is 12.4. The fourth-order valence-electron chi connectivity index (χ4n) is 3.19. The lowest BCUT2D eigenvalue weighted by molar-refractivity contribution is -0.136. The minimum Gasteiger partial charge on any atom is -0.372 e. The number of aromatic amines is 1. The molecule has 138 valence electrons. The van der Waals surface area contributed by atoms with Gasteiger partial charge in [0.1, 0.15) is 11.2 Å². The first-order valence-corrected chi connectivity index (χ1v) is 8.94. The number of aromatic nitrogens is 1. The number of aryl methyl sites for hydroxylation is 1. The summed E-state index contributed by atoms with van der Waals surface area (Å²) in [5, 5.41) is 3.32. The summed E-state index contributed by atoms with van der Waals surface area (Å²) in [6, 6.07) is 11.6. The Morgan fingerprint density at radius 2 is 1.62 bits per heavy atom. The zero-order valence-corrected chi connectivity index (χ0v) is 15.6. The maximum Gasteiger partial charge on any atom is 0.270 e. The summed E-state index contributed by atoms with van der Waals surface area (Å²) in [5.74, 6) is 0.0317. The molecule has 0 atom stereocenters. The van der Waals surface area contributed by atoms with E-state index < -0.39 is 5.54 Å². The van der Waals surface area contributed by atoms with E-state index in [0.717, 1.165) is 5.69 Å². The van der Waals surface area contributed by atoms with Crippen molar-refractivity contribution in [3.63, 3.8) is 0 Å².